The third-order valence-corrected chi connectivity index (χ3v) is 8.99. The van der Waals surface area contributed by atoms with Crippen molar-refractivity contribution in [3.63, 3.8) is 0 Å². The van der Waals surface area contributed by atoms with E-state index in [0.29, 0.717) is 18.7 Å². The summed E-state index contributed by atoms with van der Waals surface area (Å²) in [6.45, 7) is 2.11. The third-order valence-electron chi connectivity index (χ3n) is 4.95. The number of thioether (sulfide) groups is 1. The molecular formula is C18H21FN4O2S3. The normalized spacial score (nSPS) is 21.4. The summed E-state index contributed by atoms with van der Waals surface area (Å²) in [6, 6.07) is 4.92. The van der Waals surface area contributed by atoms with Gasteiger partial charge in [-0.2, -0.15) is 4.31 Å². The Kier molecular flexibility index (Phi) is 5.47. The number of halogens is 1. The fraction of sp³-hybridized carbons (Fsp3) is 0.444. The van der Waals surface area contributed by atoms with Crippen LogP contribution in [-0.2, 0) is 17.1 Å². The van der Waals surface area contributed by atoms with Gasteiger partial charge < -0.3 is 4.57 Å². The van der Waals surface area contributed by atoms with Crippen LogP contribution < -0.4 is 0 Å². The lowest BCUT2D eigenvalue weighted by atomic mass is 9.98. The summed E-state index contributed by atoms with van der Waals surface area (Å²) >= 11 is 2.97. The van der Waals surface area contributed by atoms with E-state index in [1.807, 2.05) is 24.7 Å². The largest absolute Gasteiger partial charge is 0.329 e. The second-order valence-corrected chi connectivity index (χ2v) is 11.1. The van der Waals surface area contributed by atoms with E-state index in [2.05, 4.69) is 9.97 Å². The van der Waals surface area contributed by atoms with Gasteiger partial charge in [0.1, 0.15) is 6.17 Å². The highest BCUT2D eigenvalue weighted by Crippen LogP contribution is 2.31. The summed E-state index contributed by atoms with van der Waals surface area (Å²) in [7, 11) is -1.81. The highest BCUT2D eigenvalue weighted by atomic mass is 32.2. The molecule has 2 unspecified atom stereocenters. The average molecular weight is 441 g/mol. The molecule has 1 aliphatic heterocycles. The second kappa shape index (κ2) is 7.74. The Morgan fingerprint density at radius 2 is 2.21 bits per heavy atom. The van der Waals surface area contributed by atoms with Crippen molar-refractivity contribution in [3.8, 4) is 0 Å². The molecule has 1 saturated heterocycles. The number of thiazole rings is 1. The Bertz CT molecular complexity index is 1100. The molecule has 0 aliphatic carbocycles. The van der Waals surface area contributed by atoms with E-state index in [9.17, 15) is 12.8 Å². The Hall–Kier alpha value is -1.49. The monoisotopic (exact) mass is 440 g/mol. The number of aryl methyl sites for hydroxylation is 2. The molecule has 0 amide bonds. The molecule has 6 nitrogen and oxygen atoms in total. The van der Waals surface area contributed by atoms with Gasteiger partial charge in [-0.15, -0.1) is 11.3 Å². The Morgan fingerprint density at radius 1 is 1.39 bits per heavy atom. The first-order valence-electron chi connectivity index (χ1n) is 8.96. The maximum Gasteiger partial charge on any atom is 0.243 e. The van der Waals surface area contributed by atoms with Gasteiger partial charge in [-0.25, -0.2) is 22.8 Å². The van der Waals surface area contributed by atoms with Crippen LogP contribution in [0.2, 0.25) is 0 Å². The molecule has 28 heavy (non-hydrogen) atoms. The number of aromatic nitrogens is 3. The Balaban J connectivity index is 1.45. The number of sulfonamides is 1. The molecule has 1 aromatic carbocycles. The molecule has 2 aromatic heterocycles. The number of imidazole rings is 1. The van der Waals surface area contributed by atoms with E-state index in [1.165, 1.54) is 27.4 Å². The summed E-state index contributed by atoms with van der Waals surface area (Å²) in [5.74, 6) is 0.409. The minimum atomic E-state index is -3.72. The average Bonchev–Trinajstić information content (AvgIpc) is 3.24. The van der Waals surface area contributed by atoms with Gasteiger partial charge in [0.15, 0.2) is 5.16 Å². The SMILES string of the molecule is Cc1nc2ccc(S(=O)(=O)N3CCC(CSc4nccn4C)C(F)C3)cc2s1. The van der Waals surface area contributed by atoms with Crippen molar-refractivity contribution in [1.82, 2.24) is 18.8 Å². The van der Waals surface area contributed by atoms with Crippen molar-refractivity contribution in [2.45, 2.75) is 29.6 Å². The molecule has 2 atom stereocenters. The molecule has 150 valence electrons. The van der Waals surface area contributed by atoms with E-state index in [4.69, 9.17) is 0 Å². The zero-order valence-corrected chi connectivity index (χ0v) is 18.0. The molecule has 0 spiro atoms. The van der Waals surface area contributed by atoms with Crippen LogP contribution in [-0.4, -0.2) is 52.3 Å². The molecule has 0 N–H and O–H groups in total. The Labute approximate surface area is 171 Å². The van der Waals surface area contributed by atoms with E-state index in [1.54, 1.807) is 24.4 Å². The van der Waals surface area contributed by atoms with Crippen LogP contribution in [0.25, 0.3) is 10.2 Å². The number of rotatable bonds is 5. The number of hydrogen-bond acceptors (Lipinski definition) is 6. The quantitative estimate of drug-likeness (QED) is 0.568. The lowest BCUT2D eigenvalue weighted by Crippen LogP contribution is -2.45. The van der Waals surface area contributed by atoms with E-state index >= 15 is 0 Å². The van der Waals surface area contributed by atoms with Gasteiger partial charge in [0, 0.05) is 44.2 Å². The lowest BCUT2D eigenvalue weighted by molar-refractivity contribution is 0.146. The van der Waals surface area contributed by atoms with E-state index < -0.39 is 16.2 Å². The van der Waals surface area contributed by atoms with Gasteiger partial charge in [0.2, 0.25) is 10.0 Å². The smallest absolute Gasteiger partial charge is 0.243 e. The zero-order valence-electron chi connectivity index (χ0n) is 15.6. The van der Waals surface area contributed by atoms with Crippen molar-refractivity contribution in [2.24, 2.45) is 13.0 Å². The highest BCUT2D eigenvalue weighted by molar-refractivity contribution is 7.99. The number of piperidine rings is 1. The number of hydrogen-bond donors (Lipinski definition) is 0. The minimum Gasteiger partial charge on any atom is -0.329 e. The zero-order chi connectivity index (χ0) is 19.9. The van der Waals surface area contributed by atoms with Gasteiger partial charge >= 0.3 is 0 Å². The van der Waals surface area contributed by atoms with Crippen molar-refractivity contribution in [1.29, 1.82) is 0 Å². The molecule has 3 aromatic rings. The molecule has 1 aliphatic rings. The highest BCUT2D eigenvalue weighted by Gasteiger charge is 2.36. The maximum atomic E-state index is 14.8. The van der Waals surface area contributed by atoms with Crippen LogP contribution >= 0.6 is 23.1 Å². The summed E-state index contributed by atoms with van der Waals surface area (Å²) in [5, 5.41) is 1.73. The summed E-state index contributed by atoms with van der Waals surface area (Å²) in [4.78, 5) is 8.80. The molecule has 0 radical (unpaired) electrons. The van der Waals surface area contributed by atoms with Crippen molar-refractivity contribution < 1.29 is 12.8 Å². The van der Waals surface area contributed by atoms with Gasteiger partial charge in [-0.1, -0.05) is 11.8 Å². The molecule has 0 bridgehead atoms. The first-order valence-corrected chi connectivity index (χ1v) is 12.2. The number of fused-ring (bicyclic) bond motifs is 1. The van der Waals surface area contributed by atoms with Crippen LogP contribution in [0.15, 0.2) is 40.6 Å². The van der Waals surface area contributed by atoms with Crippen LogP contribution in [0.5, 0.6) is 0 Å². The van der Waals surface area contributed by atoms with Gasteiger partial charge in [0.25, 0.3) is 0 Å². The summed E-state index contributed by atoms with van der Waals surface area (Å²) < 4.78 is 44.8. The predicted octanol–water partition coefficient (Wildman–Crippen LogP) is 3.48. The third kappa shape index (κ3) is 3.83. The molecular weight excluding hydrogens is 419 g/mol. The molecule has 4 rings (SSSR count). The molecule has 1 fully saturated rings. The lowest BCUT2D eigenvalue weighted by Gasteiger charge is -2.33. The van der Waals surface area contributed by atoms with Gasteiger partial charge in [0.05, 0.1) is 20.1 Å². The van der Waals surface area contributed by atoms with Crippen LogP contribution in [0.4, 0.5) is 4.39 Å². The van der Waals surface area contributed by atoms with E-state index in [0.717, 1.165) is 20.4 Å². The fourth-order valence-electron chi connectivity index (χ4n) is 3.33. The second-order valence-electron chi connectivity index (χ2n) is 6.92. The van der Waals surface area contributed by atoms with Crippen LogP contribution in [0.1, 0.15) is 11.4 Å². The van der Waals surface area contributed by atoms with Gasteiger partial charge in [-0.05, 0) is 31.5 Å². The Morgan fingerprint density at radius 3 is 2.93 bits per heavy atom. The standard InChI is InChI=1S/C18H21FN4O2S3/c1-12-21-16-4-3-14(9-17(16)27-12)28(24,25)23-7-5-13(15(19)10-23)11-26-18-20-6-8-22(18)2/h3-4,6,8-9,13,15H,5,7,10-11H2,1-2H3. The number of benzene rings is 1. The first kappa shape index (κ1) is 19.8. The van der Waals surface area contributed by atoms with Crippen LogP contribution in [0.3, 0.4) is 0 Å². The number of nitrogens with zero attached hydrogens (tertiary/aromatic N) is 4. The summed E-state index contributed by atoms with van der Waals surface area (Å²) in [6.07, 6.45) is 2.88. The van der Waals surface area contributed by atoms with Crippen molar-refractivity contribution >= 4 is 43.3 Å². The molecule has 0 saturated carbocycles. The first-order chi connectivity index (χ1) is 13.3. The minimum absolute atomic E-state index is 0.103. The van der Waals surface area contributed by atoms with E-state index in [-0.39, 0.29) is 17.4 Å². The predicted molar refractivity (Wildman–Crippen MR) is 110 cm³/mol. The number of alkyl halides is 1. The molecule has 3 heterocycles. The summed E-state index contributed by atoms with van der Waals surface area (Å²) in [5.41, 5.74) is 0.787. The van der Waals surface area contributed by atoms with Crippen molar-refractivity contribution in [2.75, 3.05) is 18.8 Å². The van der Waals surface area contributed by atoms with Crippen LogP contribution in [0, 0.1) is 12.8 Å². The topological polar surface area (TPSA) is 68.1 Å². The van der Waals surface area contributed by atoms with Crippen molar-refractivity contribution in [3.05, 3.63) is 35.6 Å². The maximum absolute atomic E-state index is 14.8. The fourth-order valence-corrected chi connectivity index (χ4v) is 6.90. The van der Waals surface area contributed by atoms with Gasteiger partial charge in [-0.3, -0.25) is 0 Å². The molecule has 10 heteroatoms.